The van der Waals surface area contributed by atoms with Gasteiger partial charge in [0.1, 0.15) is 0 Å². The van der Waals surface area contributed by atoms with Gasteiger partial charge in [-0.25, -0.2) is 0 Å². The molecule has 1 nitrogen and oxygen atoms in total. The van der Waals surface area contributed by atoms with E-state index in [1.165, 1.54) is 16.7 Å². The summed E-state index contributed by atoms with van der Waals surface area (Å²) in [6, 6.07) is 15.0. The molecule has 0 aliphatic heterocycles. The summed E-state index contributed by atoms with van der Waals surface area (Å²) in [5.41, 5.74) is 11.8. The Bertz CT molecular complexity index is 541. The van der Waals surface area contributed by atoms with Gasteiger partial charge < -0.3 is 5.73 Å². The van der Waals surface area contributed by atoms with Crippen molar-refractivity contribution in [2.24, 2.45) is 5.92 Å². The molecule has 0 fully saturated rings. The minimum absolute atomic E-state index is 0.684. The summed E-state index contributed by atoms with van der Waals surface area (Å²) < 4.78 is 0. The summed E-state index contributed by atoms with van der Waals surface area (Å²) in [6.07, 6.45) is 1.12. The highest BCUT2D eigenvalue weighted by Gasteiger charge is 2.03. The van der Waals surface area contributed by atoms with Crippen LogP contribution in [0.25, 0.3) is 11.1 Å². The second kappa shape index (κ2) is 5.26. The van der Waals surface area contributed by atoms with Crippen molar-refractivity contribution < 1.29 is 0 Å². The maximum absolute atomic E-state index is 5.98. The number of aryl methyl sites for hydroxylation is 1. The average molecular weight is 239 g/mol. The molecule has 0 atom stereocenters. The van der Waals surface area contributed by atoms with Crippen LogP contribution in [0.5, 0.6) is 0 Å². The van der Waals surface area contributed by atoms with Gasteiger partial charge >= 0.3 is 0 Å². The maximum Gasteiger partial charge on any atom is 0.0349 e. The molecule has 0 spiro atoms. The SMILES string of the molecule is Cc1ccc(-c2cccc(CC(C)C)c2)cc1N. The first-order chi connectivity index (χ1) is 8.56. The van der Waals surface area contributed by atoms with Crippen molar-refractivity contribution in [2.75, 3.05) is 5.73 Å². The predicted octanol–water partition coefficient (Wildman–Crippen LogP) is 4.44. The molecule has 1 heteroatoms. The van der Waals surface area contributed by atoms with E-state index in [0.29, 0.717) is 5.92 Å². The third kappa shape index (κ3) is 2.92. The molecule has 0 unspecified atom stereocenters. The molecule has 2 N–H and O–H groups in total. The van der Waals surface area contributed by atoms with Gasteiger partial charge in [-0.1, -0.05) is 50.2 Å². The Kier molecular flexibility index (Phi) is 3.71. The van der Waals surface area contributed by atoms with Crippen LogP contribution < -0.4 is 5.73 Å². The standard InChI is InChI=1S/C17H21N/c1-12(2)9-14-5-4-6-15(10-14)16-8-7-13(3)17(18)11-16/h4-8,10-12H,9,18H2,1-3H3. The monoisotopic (exact) mass is 239 g/mol. The minimum atomic E-state index is 0.684. The van der Waals surface area contributed by atoms with Crippen LogP contribution >= 0.6 is 0 Å². The summed E-state index contributed by atoms with van der Waals surface area (Å²) in [6.45, 7) is 6.53. The van der Waals surface area contributed by atoms with Crippen molar-refractivity contribution in [1.29, 1.82) is 0 Å². The fourth-order valence-corrected chi connectivity index (χ4v) is 2.17. The highest BCUT2D eigenvalue weighted by atomic mass is 14.5. The highest BCUT2D eigenvalue weighted by Crippen LogP contribution is 2.25. The Morgan fingerprint density at radius 1 is 1.00 bits per heavy atom. The number of rotatable bonds is 3. The van der Waals surface area contributed by atoms with Crippen molar-refractivity contribution >= 4 is 5.69 Å². The molecule has 2 aromatic carbocycles. The van der Waals surface area contributed by atoms with E-state index >= 15 is 0 Å². The molecular formula is C17H21N. The molecule has 0 aromatic heterocycles. The molecule has 0 saturated heterocycles. The zero-order chi connectivity index (χ0) is 13.1. The van der Waals surface area contributed by atoms with E-state index < -0.39 is 0 Å². The van der Waals surface area contributed by atoms with E-state index in [9.17, 15) is 0 Å². The van der Waals surface area contributed by atoms with Crippen LogP contribution in [-0.2, 0) is 6.42 Å². The Balaban J connectivity index is 2.35. The molecule has 0 amide bonds. The van der Waals surface area contributed by atoms with Crippen molar-refractivity contribution in [3.05, 3.63) is 53.6 Å². The molecule has 2 aromatic rings. The third-order valence-corrected chi connectivity index (χ3v) is 3.18. The number of anilines is 1. The van der Waals surface area contributed by atoms with Gasteiger partial charge in [-0.05, 0) is 47.6 Å². The minimum Gasteiger partial charge on any atom is -0.398 e. The molecule has 0 bridgehead atoms. The fraction of sp³-hybridized carbons (Fsp3) is 0.294. The second-order valence-electron chi connectivity index (χ2n) is 5.37. The first-order valence-electron chi connectivity index (χ1n) is 6.51. The van der Waals surface area contributed by atoms with Crippen LogP contribution in [0.2, 0.25) is 0 Å². The molecule has 0 aliphatic carbocycles. The van der Waals surface area contributed by atoms with Crippen molar-refractivity contribution in [2.45, 2.75) is 27.2 Å². The van der Waals surface area contributed by atoms with Crippen molar-refractivity contribution in [3.8, 4) is 11.1 Å². The van der Waals surface area contributed by atoms with E-state index in [0.717, 1.165) is 17.7 Å². The first-order valence-corrected chi connectivity index (χ1v) is 6.51. The molecule has 2 rings (SSSR count). The summed E-state index contributed by atoms with van der Waals surface area (Å²) in [7, 11) is 0. The predicted molar refractivity (Wildman–Crippen MR) is 79.6 cm³/mol. The Labute approximate surface area is 110 Å². The lowest BCUT2D eigenvalue weighted by atomic mass is 9.97. The van der Waals surface area contributed by atoms with Crippen LogP contribution in [0.15, 0.2) is 42.5 Å². The fourth-order valence-electron chi connectivity index (χ4n) is 2.17. The zero-order valence-corrected chi connectivity index (χ0v) is 11.4. The molecule has 18 heavy (non-hydrogen) atoms. The Morgan fingerprint density at radius 2 is 1.72 bits per heavy atom. The quantitative estimate of drug-likeness (QED) is 0.787. The first kappa shape index (κ1) is 12.7. The average Bonchev–Trinajstić information content (AvgIpc) is 2.32. The summed E-state index contributed by atoms with van der Waals surface area (Å²) in [4.78, 5) is 0. The smallest absolute Gasteiger partial charge is 0.0349 e. The van der Waals surface area contributed by atoms with Crippen molar-refractivity contribution in [3.63, 3.8) is 0 Å². The van der Waals surface area contributed by atoms with Crippen LogP contribution in [0.1, 0.15) is 25.0 Å². The zero-order valence-electron chi connectivity index (χ0n) is 11.4. The molecule has 0 aliphatic rings. The molecule has 0 heterocycles. The Morgan fingerprint density at radius 3 is 2.39 bits per heavy atom. The lowest BCUT2D eigenvalue weighted by Gasteiger charge is -2.09. The summed E-state index contributed by atoms with van der Waals surface area (Å²) >= 11 is 0. The number of nitrogen functional groups attached to an aromatic ring is 1. The van der Waals surface area contributed by atoms with E-state index in [2.05, 4.69) is 56.3 Å². The van der Waals surface area contributed by atoms with Gasteiger partial charge in [0.2, 0.25) is 0 Å². The maximum atomic E-state index is 5.98. The van der Waals surface area contributed by atoms with Gasteiger partial charge in [-0.3, -0.25) is 0 Å². The van der Waals surface area contributed by atoms with E-state index in [1.54, 1.807) is 0 Å². The highest BCUT2D eigenvalue weighted by molar-refractivity contribution is 5.69. The van der Waals surface area contributed by atoms with Crippen molar-refractivity contribution in [1.82, 2.24) is 0 Å². The second-order valence-corrected chi connectivity index (χ2v) is 5.37. The Hall–Kier alpha value is -1.76. The molecule has 0 saturated carbocycles. The van der Waals surface area contributed by atoms with Gasteiger partial charge in [0.15, 0.2) is 0 Å². The van der Waals surface area contributed by atoms with Gasteiger partial charge in [0.05, 0.1) is 0 Å². The summed E-state index contributed by atoms with van der Waals surface area (Å²) in [5.74, 6) is 0.684. The van der Waals surface area contributed by atoms with Gasteiger partial charge in [-0.15, -0.1) is 0 Å². The molecular weight excluding hydrogens is 218 g/mol. The lowest BCUT2D eigenvalue weighted by Crippen LogP contribution is -1.94. The van der Waals surface area contributed by atoms with Crippen LogP contribution in [0, 0.1) is 12.8 Å². The number of nitrogens with two attached hydrogens (primary N) is 1. The topological polar surface area (TPSA) is 26.0 Å². The number of hydrogen-bond donors (Lipinski definition) is 1. The number of benzene rings is 2. The molecule has 0 radical (unpaired) electrons. The normalized spacial score (nSPS) is 10.9. The van der Waals surface area contributed by atoms with E-state index in [-0.39, 0.29) is 0 Å². The number of hydrogen-bond acceptors (Lipinski definition) is 1. The third-order valence-electron chi connectivity index (χ3n) is 3.18. The van der Waals surface area contributed by atoms with Crippen LogP contribution in [-0.4, -0.2) is 0 Å². The largest absolute Gasteiger partial charge is 0.398 e. The summed E-state index contributed by atoms with van der Waals surface area (Å²) in [5, 5.41) is 0. The van der Waals surface area contributed by atoms with Gasteiger partial charge in [-0.2, -0.15) is 0 Å². The van der Waals surface area contributed by atoms with Crippen LogP contribution in [0.3, 0.4) is 0 Å². The molecule has 94 valence electrons. The van der Waals surface area contributed by atoms with Gasteiger partial charge in [0.25, 0.3) is 0 Å². The van der Waals surface area contributed by atoms with Gasteiger partial charge in [0, 0.05) is 5.69 Å². The van der Waals surface area contributed by atoms with Crippen LogP contribution in [0.4, 0.5) is 5.69 Å². The lowest BCUT2D eigenvalue weighted by molar-refractivity contribution is 0.647. The van der Waals surface area contributed by atoms with E-state index in [4.69, 9.17) is 5.73 Å². The van der Waals surface area contributed by atoms with E-state index in [1.807, 2.05) is 6.92 Å².